The molecule has 2 rings (SSSR count). The molecule has 0 heterocycles. The van der Waals surface area contributed by atoms with E-state index in [2.05, 4.69) is 22.3 Å². The molecule has 0 aliphatic heterocycles. The van der Waals surface area contributed by atoms with Crippen molar-refractivity contribution in [1.29, 1.82) is 0 Å². The Labute approximate surface area is 143 Å². The molecule has 1 aromatic rings. The number of nitrogens with one attached hydrogen (secondary N) is 3. The van der Waals surface area contributed by atoms with Gasteiger partial charge >= 0.3 is 0 Å². The van der Waals surface area contributed by atoms with Crippen molar-refractivity contribution in [3.05, 3.63) is 29.8 Å². The van der Waals surface area contributed by atoms with E-state index in [0.29, 0.717) is 18.7 Å². The van der Waals surface area contributed by atoms with Crippen LogP contribution in [-0.2, 0) is 10.0 Å². The minimum absolute atomic E-state index is 0. The summed E-state index contributed by atoms with van der Waals surface area (Å²) in [7, 11) is -3.53. The minimum atomic E-state index is -3.53. The maximum Gasteiger partial charge on any atom is 0.251 e. The zero-order valence-electron chi connectivity index (χ0n) is 13.2. The molecule has 0 saturated heterocycles. The number of sulfonamides is 1. The van der Waals surface area contributed by atoms with Crippen LogP contribution in [0.5, 0.6) is 0 Å². The zero-order valence-corrected chi connectivity index (χ0v) is 14.8. The van der Waals surface area contributed by atoms with Gasteiger partial charge in [0.15, 0.2) is 0 Å². The second-order valence-electron chi connectivity index (χ2n) is 5.43. The van der Waals surface area contributed by atoms with Crippen LogP contribution in [-0.4, -0.2) is 40.0 Å². The van der Waals surface area contributed by atoms with Crippen LogP contribution < -0.4 is 15.4 Å². The average Bonchev–Trinajstić information content (AvgIpc) is 3.30. The predicted octanol–water partition coefficient (Wildman–Crippen LogP) is 1.28. The highest BCUT2D eigenvalue weighted by Gasteiger charge is 2.28. The summed E-state index contributed by atoms with van der Waals surface area (Å²) in [6, 6.07) is 6.17. The van der Waals surface area contributed by atoms with E-state index in [9.17, 15) is 13.2 Å². The van der Waals surface area contributed by atoms with Crippen LogP contribution >= 0.6 is 12.4 Å². The lowest BCUT2D eigenvalue weighted by Gasteiger charge is -2.09. The van der Waals surface area contributed by atoms with E-state index < -0.39 is 10.0 Å². The van der Waals surface area contributed by atoms with Gasteiger partial charge in [-0.05, 0) is 44.0 Å². The predicted molar refractivity (Wildman–Crippen MR) is 92.5 cm³/mol. The molecule has 6 nitrogen and oxygen atoms in total. The highest BCUT2D eigenvalue weighted by Crippen LogP contribution is 2.22. The van der Waals surface area contributed by atoms with Gasteiger partial charge in [-0.1, -0.05) is 13.0 Å². The van der Waals surface area contributed by atoms with Crippen LogP contribution in [0.15, 0.2) is 29.2 Å². The SMILES string of the molecule is CCCNCCNC(=O)c1cccc(S(=O)(=O)NC2CC2)c1.Cl. The second kappa shape index (κ2) is 9.22. The molecule has 0 spiro atoms. The lowest BCUT2D eigenvalue weighted by molar-refractivity contribution is 0.0953. The Morgan fingerprint density at radius 1 is 1.22 bits per heavy atom. The van der Waals surface area contributed by atoms with Crippen molar-refractivity contribution in [3.8, 4) is 0 Å². The van der Waals surface area contributed by atoms with Crippen molar-refractivity contribution in [3.63, 3.8) is 0 Å². The summed E-state index contributed by atoms with van der Waals surface area (Å²) in [6.07, 6.45) is 2.80. The van der Waals surface area contributed by atoms with E-state index in [1.54, 1.807) is 12.1 Å². The Balaban J connectivity index is 0.00000264. The van der Waals surface area contributed by atoms with E-state index in [0.717, 1.165) is 25.8 Å². The molecular formula is C15H24ClN3O3S. The monoisotopic (exact) mass is 361 g/mol. The van der Waals surface area contributed by atoms with E-state index in [4.69, 9.17) is 0 Å². The van der Waals surface area contributed by atoms with Crippen LogP contribution in [0.3, 0.4) is 0 Å². The molecule has 1 aliphatic rings. The number of carbonyl (C=O) groups excluding carboxylic acids is 1. The van der Waals surface area contributed by atoms with Gasteiger partial charge in [-0.3, -0.25) is 4.79 Å². The van der Waals surface area contributed by atoms with Crippen LogP contribution in [0.2, 0.25) is 0 Å². The summed E-state index contributed by atoms with van der Waals surface area (Å²) in [5.41, 5.74) is 0.356. The Bertz CT molecular complexity index is 618. The Morgan fingerprint density at radius 3 is 2.61 bits per heavy atom. The van der Waals surface area contributed by atoms with Crippen LogP contribution in [0.25, 0.3) is 0 Å². The van der Waals surface area contributed by atoms with Crippen molar-refractivity contribution in [2.24, 2.45) is 0 Å². The highest BCUT2D eigenvalue weighted by atomic mass is 35.5. The summed E-state index contributed by atoms with van der Waals surface area (Å²) >= 11 is 0. The third kappa shape index (κ3) is 6.47. The van der Waals surface area contributed by atoms with Gasteiger partial charge in [0, 0.05) is 24.7 Å². The molecule has 0 unspecified atom stereocenters. The van der Waals surface area contributed by atoms with Gasteiger partial charge < -0.3 is 10.6 Å². The number of rotatable bonds is 9. The standard InChI is InChI=1S/C15H23N3O3S.ClH/c1-2-8-16-9-10-17-15(19)12-4-3-5-14(11-12)22(20,21)18-13-6-7-13;/h3-5,11,13,16,18H,2,6-10H2,1H3,(H,17,19);1H. The number of carbonyl (C=O) groups is 1. The van der Waals surface area contributed by atoms with E-state index in [-0.39, 0.29) is 29.3 Å². The van der Waals surface area contributed by atoms with Gasteiger partial charge in [0.2, 0.25) is 10.0 Å². The topological polar surface area (TPSA) is 87.3 Å². The molecule has 1 aromatic carbocycles. The van der Waals surface area contributed by atoms with Gasteiger partial charge in [-0.2, -0.15) is 0 Å². The van der Waals surface area contributed by atoms with E-state index >= 15 is 0 Å². The lowest BCUT2D eigenvalue weighted by Crippen LogP contribution is -2.32. The van der Waals surface area contributed by atoms with Gasteiger partial charge in [-0.15, -0.1) is 12.4 Å². The number of halogens is 1. The number of benzene rings is 1. The third-order valence-electron chi connectivity index (χ3n) is 3.32. The zero-order chi connectivity index (χ0) is 16.0. The molecule has 23 heavy (non-hydrogen) atoms. The normalized spacial score (nSPS) is 14.1. The molecule has 3 N–H and O–H groups in total. The third-order valence-corrected chi connectivity index (χ3v) is 4.84. The summed E-state index contributed by atoms with van der Waals surface area (Å²) in [5.74, 6) is -0.262. The van der Waals surface area contributed by atoms with Crippen LogP contribution in [0.1, 0.15) is 36.5 Å². The Hall–Kier alpha value is -1.15. The average molecular weight is 362 g/mol. The Morgan fingerprint density at radius 2 is 1.96 bits per heavy atom. The number of amides is 1. The van der Waals surface area contributed by atoms with Crippen LogP contribution in [0.4, 0.5) is 0 Å². The molecule has 0 bridgehead atoms. The minimum Gasteiger partial charge on any atom is -0.351 e. The quantitative estimate of drug-likeness (QED) is 0.578. The molecule has 8 heteroatoms. The molecule has 1 saturated carbocycles. The molecule has 1 fully saturated rings. The fourth-order valence-electron chi connectivity index (χ4n) is 1.96. The maximum absolute atomic E-state index is 12.1. The molecule has 0 aromatic heterocycles. The van der Waals surface area contributed by atoms with Crippen LogP contribution in [0, 0.1) is 0 Å². The first kappa shape index (κ1) is 19.9. The second-order valence-corrected chi connectivity index (χ2v) is 7.14. The molecule has 1 aliphatic carbocycles. The van der Waals surface area contributed by atoms with Gasteiger partial charge in [0.1, 0.15) is 0 Å². The molecule has 0 atom stereocenters. The van der Waals surface area contributed by atoms with E-state index in [1.807, 2.05) is 0 Å². The fraction of sp³-hybridized carbons (Fsp3) is 0.533. The fourth-order valence-corrected chi connectivity index (χ4v) is 3.31. The molecule has 130 valence electrons. The van der Waals surface area contributed by atoms with Gasteiger partial charge in [0.05, 0.1) is 4.90 Å². The van der Waals surface area contributed by atoms with Crippen molar-refractivity contribution < 1.29 is 13.2 Å². The molecule has 1 amide bonds. The number of hydrogen-bond acceptors (Lipinski definition) is 4. The first-order valence-corrected chi connectivity index (χ1v) is 9.12. The summed E-state index contributed by atoms with van der Waals surface area (Å²) in [6.45, 7) is 4.20. The lowest BCUT2D eigenvalue weighted by atomic mass is 10.2. The van der Waals surface area contributed by atoms with Crippen molar-refractivity contribution >= 4 is 28.3 Å². The summed E-state index contributed by atoms with van der Waals surface area (Å²) in [4.78, 5) is 12.2. The first-order chi connectivity index (χ1) is 10.5. The highest BCUT2D eigenvalue weighted by molar-refractivity contribution is 7.89. The smallest absolute Gasteiger partial charge is 0.251 e. The maximum atomic E-state index is 12.1. The number of hydrogen-bond donors (Lipinski definition) is 3. The van der Waals surface area contributed by atoms with Crippen molar-refractivity contribution in [1.82, 2.24) is 15.4 Å². The summed E-state index contributed by atoms with van der Waals surface area (Å²) < 4.78 is 26.9. The van der Waals surface area contributed by atoms with Crippen molar-refractivity contribution in [2.45, 2.75) is 37.1 Å². The van der Waals surface area contributed by atoms with Gasteiger partial charge in [0.25, 0.3) is 5.91 Å². The molecular weight excluding hydrogens is 338 g/mol. The van der Waals surface area contributed by atoms with Crippen molar-refractivity contribution in [2.75, 3.05) is 19.6 Å². The largest absolute Gasteiger partial charge is 0.351 e. The first-order valence-electron chi connectivity index (χ1n) is 7.64. The Kier molecular flexibility index (Phi) is 7.98. The van der Waals surface area contributed by atoms with E-state index in [1.165, 1.54) is 12.1 Å². The molecule has 0 radical (unpaired) electrons. The van der Waals surface area contributed by atoms with Gasteiger partial charge in [-0.25, -0.2) is 13.1 Å². The summed E-state index contributed by atoms with van der Waals surface area (Å²) in [5, 5.41) is 5.96.